The first-order chi connectivity index (χ1) is 15.1. The Morgan fingerprint density at radius 1 is 0.903 bits per heavy atom. The highest BCUT2D eigenvalue weighted by Gasteiger charge is 2.58. The van der Waals surface area contributed by atoms with E-state index in [1.54, 1.807) is 12.1 Å². The van der Waals surface area contributed by atoms with Gasteiger partial charge in [-0.25, -0.2) is 4.39 Å². The molecule has 4 bridgehead atoms. The summed E-state index contributed by atoms with van der Waals surface area (Å²) >= 11 is 0. The average molecular weight is 420 g/mol. The fraction of sp³-hybridized carbons (Fsp3) is 0.519. The number of carbonyl (C=O) groups is 1. The van der Waals surface area contributed by atoms with Crippen molar-refractivity contribution in [2.45, 2.75) is 50.0 Å². The van der Waals surface area contributed by atoms with Gasteiger partial charge in [-0.15, -0.1) is 0 Å². The quantitative estimate of drug-likeness (QED) is 0.667. The third-order valence-corrected chi connectivity index (χ3v) is 8.67. The van der Waals surface area contributed by atoms with E-state index < -0.39 is 0 Å². The third-order valence-electron chi connectivity index (χ3n) is 8.67. The number of carbonyl (C=O) groups excluding carboxylic acids is 1. The van der Waals surface area contributed by atoms with E-state index in [1.807, 2.05) is 47.4 Å². The van der Waals surface area contributed by atoms with E-state index in [-0.39, 0.29) is 23.2 Å². The fourth-order valence-corrected chi connectivity index (χ4v) is 7.42. The van der Waals surface area contributed by atoms with E-state index in [0.717, 1.165) is 17.6 Å². The van der Waals surface area contributed by atoms with Gasteiger partial charge < -0.3 is 9.64 Å². The van der Waals surface area contributed by atoms with Crippen molar-refractivity contribution < 1.29 is 13.9 Å². The Morgan fingerprint density at radius 2 is 1.52 bits per heavy atom. The summed E-state index contributed by atoms with van der Waals surface area (Å²) in [6.45, 7) is 1.32. The molecule has 2 aromatic carbocycles. The van der Waals surface area contributed by atoms with Crippen LogP contribution in [0.3, 0.4) is 0 Å². The molecular formula is C27H30FNO2. The number of amides is 1. The molecule has 4 aliphatic carbocycles. The normalized spacial score (nSPS) is 33.9. The number of para-hydroxylation sites is 1. The fourth-order valence-electron chi connectivity index (χ4n) is 7.42. The van der Waals surface area contributed by atoms with Gasteiger partial charge in [-0.05, 0) is 85.6 Å². The van der Waals surface area contributed by atoms with Crippen LogP contribution >= 0.6 is 0 Å². The molecule has 0 N–H and O–H groups in total. The summed E-state index contributed by atoms with van der Waals surface area (Å²) in [5.74, 6) is 3.68. The summed E-state index contributed by atoms with van der Waals surface area (Å²) in [5.41, 5.74) is 1.07. The second-order valence-corrected chi connectivity index (χ2v) is 10.4. The second kappa shape index (κ2) is 7.36. The number of rotatable bonds is 5. The molecule has 0 spiro atoms. The Balaban J connectivity index is 1.21. The monoisotopic (exact) mass is 419 g/mol. The number of nitrogens with zero attached hydrogens (tertiary/aromatic N) is 1. The van der Waals surface area contributed by atoms with Crippen LogP contribution < -0.4 is 4.74 Å². The molecule has 1 amide bonds. The van der Waals surface area contributed by atoms with Gasteiger partial charge in [0, 0.05) is 11.8 Å². The lowest BCUT2D eigenvalue weighted by Gasteiger charge is -2.62. The highest BCUT2D eigenvalue weighted by molar-refractivity contribution is 5.79. The number of ether oxygens (including phenoxy) is 1. The number of benzene rings is 2. The first-order valence-corrected chi connectivity index (χ1v) is 11.9. The van der Waals surface area contributed by atoms with Crippen LogP contribution in [0.1, 0.15) is 44.1 Å². The molecule has 4 heteroatoms. The summed E-state index contributed by atoms with van der Waals surface area (Å²) in [5, 5.41) is 0. The van der Waals surface area contributed by atoms with Gasteiger partial charge in [-0.2, -0.15) is 0 Å². The van der Waals surface area contributed by atoms with E-state index in [1.165, 1.54) is 37.7 Å². The van der Waals surface area contributed by atoms with Gasteiger partial charge in [-0.1, -0.05) is 30.3 Å². The predicted octanol–water partition coefficient (Wildman–Crippen LogP) is 5.20. The minimum atomic E-state index is -0.197. The van der Waals surface area contributed by atoms with Crippen LogP contribution in [0.5, 0.6) is 5.75 Å². The molecule has 3 nitrogen and oxygen atoms in total. The van der Waals surface area contributed by atoms with E-state index in [4.69, 9.17) is 4.74 Å². The maximum atomic E-state index is 13.7. The van der Waals surface area contributed by atoms with Crippen molar-refractivity contribution in [1.82, 2.24) is 4.90 Å². The van der Waals surface area contributed by atoms with E-state index >= 15 is 0 Å². The Kier molecular flexibility index (Phi) is 4.59. The largest absolute Gasteiger partial charge is 0.487 e. The van der Waals surface area contributed by atoms with Crippen LogP contribution in [0.25, 0.3) is 0 Å². The Bertz CT molecular complexity index is 923. The highest BCUT2D eigenvalue weighted by atomic mass is 19.1. The van der Waals surface area contributed by atoms with Gasteiger partial charge in [-0.3, -0.25) is 4.79 Å². The molecule has 7 rings (SSSR count). The zero-order valence-corrected chi connectivity index (χ0v) is 17.9. The molecule has 4 saturated carbocycles. The van der Waals surface area contributed by atoms with E-state index in [0.29, 0.717) is 31.3 Å². The van der Waals surface area contributed by atoms with Crippen molar-refractivity contribution in [1.29, 1.82) is 0 Å². The Labute approximate surface area is 183 Å². The topological polar surface area (TPSA) is 29.5 Å². The molecule has 5 aliphatic rings. The van der Waals surface area contributed by atoms with Crippen LogP contribution in [0.15, 0.2) is 54.6 Å². The van der Waals surface area contributed by atoms with Crippen molar-refractivity contribution in [2.75, 3.05) is 13.1 Å². The molecule has 162 valence electrons. The minimum absolute atomic E-state index is 0.0756. The smallest absolute Gasteiger partial charge is 0.223 e. The first-order valence-electron chi connectivity index (χ1n) is 11.9. The lowest BCUT2D eigenvalue weighted by atomic mass is 9.43. The summed E-state index contributed by atoms with van der Waals surface area (Å²) in [4.78, 5) is 15.4. The first kappa shape index (κ1) is 19.3. The van der Waals surface area contributed by atoms with Gasteiger partial charge in [0.25, 0.3) is 0 Å². The zero-order chi connectivity index (χ0) is 21.0. The summed E-state index contributed by atoms with van der Waals surface area (Å²) < 4.78 is 19.7. The molecule has 0 atom stereocenters. The summed E-state index contributed by atoms with van der Waals surface area (Å²) in [7, 11) is 0. The molecule has 2 aromatic rings. The maximum absolute atomic E-state index is 13.7. The second-order valence-electron chi connectivity index (χ2n) is 10.4. The van der Waals surface area contributed by atoms with E-state index in [9.17, 15) is 9.18 Å². The molecular weight excluding hydrogens is 389 g/mol. The Morgan fingerprint density at radius 3 is 2.13 bits per heavy atom. The molecule has 31 heavy (non-hydrogen) atoms. The van der Waals surface area contributed by atoms with Crippen molar-refractivity contribution in [3.05, 3.63) is 66.0 Å². The van der Waals surface area contributed by atoms with Crippen LogP contribution in [-0.2, 0) is 10.2 Å². The summed E-state index contributed by atoms with van der Waals surface area (Å²) in [6.07, 6.45) is 6.95. The van der Waals surface area contributed by atoms with E-state index in [2.05, 4.69) is 0 Å². The number of hydrogen-bond donors (Lipinski definition) is 0. The van der Waals surface area contributed by atoms with Gasteiger partial charge in [0.15, 0.2) is 0 Å². The number of hydrogen-bond acceptors (Lipinski definition) is 2. The highest BCUT2D eigenvalue weighted by Crippen LogP contribution is 2.64. The number of likely N-dealkylation sites (tertiary alicyclic amines) is 1. The SMILES string of the molecule is O=C(CC1(c2ccc(F)cc2)C2CC3CC(C2)CC1C3)N1CC(Oc2ccccc2)C1. The zero-order valence-electron chi connectivity index (χ0n) is 17.9. The van der Waals surface area contributed by atoms with Gasteiger partial charge in [0.2, 0.25) is 5.91 Å². The van der Waals surface area contributed by atoms with Gasteiger partial charge >= 0.3 is 0 Å². The van der Waals surface area contributed by atoms with Crippen LogP contribution in [0, 0.1) is 29.5 Å². The predicted molar refractivity (Wildman–Crippen MR) is 117 cm³/mol. The molecule has 0 radical (unpaired) electrons. The molecule has 1 saturated heterocycles. The average Bonchev–Trinajstić information content (AvgIpc) is 2.74. The minimum Gasteiger partial charge on any atom is -0.487 e. The van der Waals surface area contributed by atoms with Crippen molar-refractivity contribution in [3.8, 4) is 5.75 Å². The standard InChI is InChI=1S/C27H30FNO2/c28-23-8-6-20(7-9-23)27(21-11-18-10-19(13-21)14-22(27)12-18)15-26(30)29-16-25(17-29)31-24-4-2-1-3-5-24/h1-9,18-19,21-22,25H,10-17H2. The Hall–Kier alpha value is -2.36. The van der Waals surface area contributed by atoms with Gasteiger partial charge in [0.05, 0.1) is 13.1 Å². The molecule has 1 aliphatic heterocycles. The summed E-state index contributed by atoms with van der Waals surface area (Å²) in [6, 6.07) is 16.9. The van der Waals surface area contributed by atoms with Crippen LogP contribution in [-0.4, -0.2) is 30.0 Å². The lowest BCUT2D eigenvalue weighted by Crippen LogP contribution is -2.60. The maximum Gasteiger partial charge on any atom is 0.223 e. The number of halogens is 1. The van der Waals surface area contributed by atoms with Crippen molar-refractivity contribution in [2.24, 2.45) is 23.7 Å². The third kappa shape index (κ3) is 3.26. The van der Waals surface area contributed by atoms with Crippen LogP contribution in [0.2, 0.25) is 0 Å². The molecule has 1 heterocycles. The van der Waals surface area contributed by atoms with Crippen LogP contribution in [0.4, 0.5) is 4.39 Å². The van der Waals surface area contributed by atoms with Crippen molar-refractivity contribution in [3.63, 3.8) is 0 Å². The molecule has 0 aromatic heterocycles. The molecule has 5 fully saturated rings. The lowest BCUT2D eigenvalue weighted by molar-refractivity contribution is -0.147. The van der Waals surface area contributed by atoms with Crippen molar-refractivity contribution >= 4 is 5.91 Å². The van der Waals surface area contributed by atoms with Gasteiger partial charge in [0.1, 0.15) is 17.7 Å². The molecule has 0 unspecified atom stereocenters.